The molecule has 1 saturated heterocycles. The van der Waals surface area contributed by atoms with E-state index in [4.69, 9.17) is 0 Å². The number of Topliss-reactive ketones (excluding diaryl/α,β-unsaturated/α-hetero) is 1. The van der Waals surface area contributed by atoms with Gasteiger partial charge < -0.3 is 14.8 Å². The van der Waals surface area contributed by atoms with Crippen molar-refractivity contribution in [2.45, 2.75) is 33.2 Å². The van der Waals surface area contributed by atoms with E-state index in [1.807, 2.05) is 6.92 Å². The molecule has 1 unspecified atom stereocenters. The van der Waals surface area contributed by atoms with Gasteiger partial charge in [0, 0.05) is 26.2 Å². The number of carbonyl (C=O) groups is 2. The zero-order valence-corrected chi connectivity index (χ0v) is 16.1. The molecular formula is C18H25N5O2S. The van der Waals surface area contributed by atoms with Crippen LogP contribution in [-0.2, 0) is 6.54 Å². The third-order valence-corrected chi connectivity index (χ3v) is 5.98. The number of aryl methyl sites for hydroxylation is 1. The Hall–Kier alpha value is -2.06. The minimum atomic E-state index is -0.0836. The van der Waals surface area contributed by atoms with E-state index < -0.39 is 0 Å². The normalized spacial score (nSPS) is 18.0. The van der Waals surface area contributed by atoms with E-state index >= 15 is 0 Å². The molecule has 1 fully saturated rings. The van der Waals surface area contributed by atoms with Crippen LogP contribution in [0, 0.1) is 12.8 Å². The average molecular weight is 375 g/mol. The second kappa shape index (κ2) is 8.55. The maximum Gasteiger partial charge on any atom is 0.261 e. The summed E-state index contributed by atoms with van der Waals surface area (Å²) < 4.78 is 2.06. The summed E-state index contributed by atoms with van der Waals surface area (Å²) in [6.07, 6.45) is 4.05. The number of nitrogens with one attached hydrogen (secondary N) is 1. The van der Waals surface area contributed by atoms with Crippen LogP contribution in [0.2, 0.25) is 0 Å². The molecule has 0 radical (unpaired) electrons. The van der Waals surface area contributed by atoms with Crippen LogP contribution in [0.3, 0.4) is 0 Å². The summed E-state index contributed by atoms with van der Waals surface area (Å²) in [5, 5.41) is 11.0. The molecule has 1 amide bonds. The van der Waals surface area contributed by atoms with Gasteiger partial charge in [-0.1, -0.05) is 0 Å². The Kier molecular flexibility index (Phi) is 6.16. The minimum Gasteiger partial charge on any atom is -0.351 e. The summed E-state index contributed by atoms with van der Waals surface area (Å²) >= 11 is 1.26. The number of aromatic nitrogens is 3. The first-order chi connectivity index (χ1) is 12.5. The molecule has 2 aromatic heterocycles. The quantitative estimate of drug-likeness (QED) is 0.749. The van der Waals surface area contributed by atoms with Crippen LogP contribution in [0.25, 0.3) is 0 Å². The number of piperidine rings is 1. The molecule has 0 bridgehead atoms. The number of carbonyl (C=O) groups excluding carboxylic acids is 2. The highest BCUT2D eigenvalue weighted by atomic mass is 32.1. The van der Waals surface area contributed by atoms with Gasteiger partial charge in [-0.05, 0) is 51.3 Å². The summed E-state index contributed by atoms with van der Waals surface area (Å²) in [6, 6.07) is 3.45. The molecule has 3 rings (SSSR count). The van der Waals surface area contributed by atoms with Crippen molar-refractivity contribution in [1.29, 1.82) is 0 Å². The second-order valence-electron chi connectivity index (χ2n) is 6.81. The Labute approximate surface area is 157 Å². The smallest absolute Gasteiger partial charge is 0.261 e. The Morgan fingerprint density at radius 2 is 2.12 bits per heavy atom. The van der Waals surface area contributed by atoms with Gasteiger partial charge in [-0.2, -0.15) is 0 Å². The fourth-order valence-corrected chi connectivity index (χ4v) is 4.09. The lowest BCUT2D eigenvalue weighted by molar-refractivity contribution is 0.0935. The molecule has 0 aliphatic carbocycles. The van der Waals surface area contributed by atoms with Crippen molar-refractivity contribution in [3.63, 3.8) is 0 Å². The van der Waals surface area contributed by atoms with Crippen molar-refractivity contribution in [3.8, 4) is 0 Å². The van der Waals surface area contributed by atoms with Gasteiger partial charge in [-0.15, -0.1) is 21.5 Å². The van der Waals surface area contributed by atoms with Crippen LogP contribution in [0.4, 0.5) is 0 Å². The standard InChI is InChI=1S/C18H25N5O2S/c1-13(24)16-5-6-17(26-16)18(25)19-10-15-4-3-7-22(11-15)8-9-23-12-20-21-14(23)2/h5-6,12,15H,3-4,7-11H2,1-2H3,(H,19,25). The number of nitrogens with zero attached hydrogens (tertiary/aromatic N) is 4. The van der Waals surface area contributed by atoms with Gasteiger partial charge >= 0.3 is 0 Å². The van der Waals surface area contributed by atoms with Gasteiger partial charge in [0.25, 0.3) is 5.91 Å². The molecule has 1 atom stereocenters. The molecule has 140 valence electrons. The van der Waals surface area contributed by atoms with Crippen LogP contribution in [-0.4, -0.2) is 57.5 Å². The highest BCUT2D eigenvalue weighted by Crippen LogP contribution is 2.18. The predicted octanol–water partition coefficient (Wildman–Crippen LogP) is 1.99. The summed E-state index contributed by atoms with van der Waals surface area (Å²) in [5.41, 5.74) is 0. The van der Waals surface area contributed by atoms with E-state index in [1.165, 1.54) is 18.3 Å². The van der Waals surface area contributed by atoms with Crippen molar-refractivity contribution < 1.29 is 9.59 Å². The zero-order chi connectivity index (χ0) is 18.5. The number of hydrogen-bond acceptors (Lipinski definition) is 6. The van der Waals surface area contributed by atoms with Crippen molar-refractivity contribution in [3.05, 3.63) is 34.0 Å². The van der Waals surface area contributed by atoms with Crippen molar-refractivity contribution in [2.24, 2.45) is 5.92 Å². The van der Waals surface area contributed by atoms with Crippen molar-refractivity contribution in [1.82, 2.24) is 25.0 Å². The lowest BCUT2D eigenvalue weighted by Gasteiger charge is -2.32. The maximum absolute atomic E-state index is 12.3. The van der Waals surface area contributed by atoms with E-state index in [9.17, 15) is 9.59 Å². The molecule has 1 aliphatic heterocycles. The summed E-state index contributed by atoms with van der Waals surface area (Å²) in [5.74, 6) is 1.31. The second-order valence-corrected chi connectivity index (χ2v) is 7.89. The predicted molar refractivity (Wildman–Crippen MR) is 101 cm³/mol. The van der Waals surface area contributed by atoms with Gasteiger partial charge in [0.15, 0.2) is 5.78 Å². The molecule has 0 spiro atoms. The van der Waals surface area contributed by atoms with E-state index in [0.717, 1.165) is 44.8 Å². The minimum absolute atomic E-state index is 0.000279. The maximum atomic E-state index is 12.3. The van der Waals surface area contributed by atoms with Gasteiger partial charge in [0.1, 0.15) is 12.2 Å². The fourth-order valence-electron chi connectivity index (χ4n) is 3.28. The molecule has 0 aromatic carbocycles. The number of ketones is 1. The van der Waals surface area contributed by atoms with Crippen molar-refractivity contribution in [2.75, 3.05) is 26.2 Å². The monoisotopic (exact) mass is 375 g/mol. The molecule has 7 nitrogen and oxygen atoms in total. The third kappa shape index (κ3) is 4.76. The summed E-state index contributed by atoms with van der Waals surface area (Å²) in [6.45, 7) is 8.10. The Morgan fingerprint density at radius 3 is 2.81 bits per heavy atom. The lowest BCUT2D eigenvalue weighted by atomic mass is 9.98. The topological polar surface area (TPSA) is 80.1 Å². The number of likely N-dealkylation sites (tertiary alicyclic amines) is 1. The molecule has 1 aliphatic rings. The zero-order valence-electron chi connectivity index (χ0n) is 15.3. The number of thiophene rings is 1. The molecule has 0 saturated carbocycles. The molecule has 1 N–H and O–H groups in total. The van der Waals surface area contributed by atoms with E-state index in [-0.39, 0.29) is 11.7 Å². The van der Waals surface area contributed by atoms with Crippen LogP contribution in [0.1, 0.15) is 44.9 Å². The number of amides is 1. The van der Waals surface area contributed by atoms with Gasteiger partial charge in [0.2, 0.25) is 0 Å². The fraction of sp³-hybridized carbons (Fsp3) is 0.556. The van der Waals surface area contributed by atoms with Gasteiger partial charge in [-0.25, -0.2) is 0 Å². The molecule has 3 heterocycles. The summed E-state index contributed by atoms with van der Waals surface area (Å²) in [7, 11) is 0. The van der Waals surface area contributed by atoms with Crippen LogP contribution >= 0.6 is 11.3 Å². The van der Waals surface area contributed by atoms with E-state index in [0.29, 0.717) is 22.2 Å². The average Bonchev–Trinajstić information content (AvgIpc) is 3.27. The summed E-state index contributed by atoms with van der Waals surface area (Å²) in [4.78, 5) is 27.3. The van der Waals surface area contributed by atoms with Crippen LogP contribution in [0.5, 0.6) is 0 Å². The first-order valence-electron chi connectivity index (χ1n) is 8.98. The molecule has 2 aromatic rings. The third-order valence-electron chi connectivity index (χ3n) is 4.80. The molecule has 26 heavy (non-hydrogen) atoms. The number of hydrogen-bond donors (Lipinski definition) is 1. The largest absolute Gasteiger partial charge is 0.351 e. The highest BCUT2D eigenvalue weighted by Gasteiger charge is 2.21. The van der Waals surface area contributed by atoms with E-state index in [1.54, 1.807) is 18.5 Å². The van der Waals surface area contributed by atoms with Gasteiger partial charge in [-0.3, -0.25) is 9.59 Å². The number of rotatable bonds is 7. The Bertz CT molecular complexity index is 769. The van der Waals surface area contributed by atoms with Crippen LogP contribution in [0.15, 0.2) is 18.5 Å². The Balaban J connectivity index is 1.45. The van der Waals surface area contributed by atoms with Gasteiger partial charge in [0.05, 0.1) is 9.75 Å². The first-order valence-corrected chi connectivity index (χ1v) is 9.80. The van der Waals surface area contributed by atoms with Crippen molar-refractivity contribution >= 4 is 23.0 Å². The van der Waals surface area contributed by atoms with E-state index in [2.05, 4.69) is 25.0 Å². The molecular weight excluding hydrogens is 350 g/mol. The highest BCUT2D eigenvalue weighted by molar-refractivity contribution is 7.15. The molecule has 8 heteroatoms. The Morgan fingerprint density at radius 1 is 1.31 bits per heavy atom. The SMILES string of the molecule is CC(=O)c1ccc(C(=O)NCC2CCCN(CCn3cnnc3C)C2)s1. The lowest BCUT2D eigenvalue weighted by Crippen LogP contribution is -2.42. The first kappa shape index (κ1) is 18.7. The van der Waals surface area contributed by atoms with Crippen LogP contribution < -0.4 is 5.32 Å².